The SMILES string of the molecule is C[C@@H]1CC[C@@H](C(=O)NCc2cc(-c3ccc(CF)nc3)ncn2)N1C(=O)OC(C)(C)C. The first-order valence-corrected chi connectivity index (χ1v) is 10.3. The molecule has 2 aromatic rings. The summed E-state index contributed by atoms with van der Waals surface area (Å²) in [5.74, 6) is -0.246. The van der Waals surface area contributed by atoms with E-state index < -0.39 is 24.4 Å². The van der Waals surface area contributed by atoms with Crippen LogP contribution in [0.5, 0.6) is 0 Å². The van der Waals surface area contributed by atoms with Crippen LogP contribution in [0.2, 0.25) is 0 Å². The number of alkyl halides is 1. The molecule has 1 aliphatic rings. The number of likely N-dealkylation sites (tertiary alicyclic amines) is 1. The molecule has 1 saturated heterocycles. The topological polar surface area (TPSA) is 97.3 Å². The number of rotatable bonds is 5. The third-order valence-electron chi connectivity index (χ3n) is 5.00. The second-order valence-corrected chi connectivity index (χ2v) is 8.61. The molecule has 1 N–H and O–H groups in total. The molecule has 31 heavy (non-hydrogen) atoms. The van der Waals surface area contributed by atoms with E-state index in [1.54, 1.807) is 45.2 Å². The van der Waals surface area contributed by atoms with Crippen LogP contribution >= 0.6 is 0 Å². The van der Waals surface area contributed by atoms with Crippen molar-refractivity contribution >= 4 is 12.0 Å². The molecule has 3 rings (SSSR count). The van der Waals surface area contributed by atoms with E-state index >= 15 is 0 Å². The normalized spacial score (nSPS) is 18.7. The van der Waals surface area contributed by atoms with E-state index in [0.29, 0.717) is 23.5 Å². The molecule has 8 nitrogen and oxygen atoms in total. The van der Waals surface area contributed by atoms with Crippen molar-refractivity contribution in [2.75, 3.05) is 0 Å². The molecule has 0 saturated carbocycles. The Labute approximate surface area is 181 Å². The molecule has 2 amide bonds. The lowest BCUT2D eigenvalue weighted by Crippen LogP contribution is -2.49. The number of ether oxygens (including phenoxy) is 1. The van der Waals surface area contributed by atoms with Crippen LogP contribution in [-0.2, 0) is 22.8 Å². The largest absolute Gasteiger partial charge is 0.444 e. The summed E-state index contributed by atoms with van der Waals surface area (Å²) in [6.45, 7) is 6.88. The molecule has 9 heteroatoms. The fourth-order valence-electron chi connectivity index (χ4n) is 3.47. The van der Waals surface area contributed by atoms with Crippen LogP contribution in [0.15, 0.2) is 30.7 Å². The number of hydrogen-bond donors (Lipinski definition) is 1. The molecule has 0 aromatic carbocycles. The predicted octanol–water partition coefficient (Wildman–Crippen LogP) is 3.41. The molecule has 0 unspecified atom stereocenters. The minimum Gasteiger partial charge on any atom is -0.444 e. The van der Waals surface area contributed by atoms with Gasteiger partial charge in [-0.3, -0.25) is 14.7 Å². The molecular weight excluding hydrogens is 401 g/mol. The number of carbonyl (C=O) groups excluding carboxylic acids is 2. The van der Waals surface area contributed by atoms with E-state index in [4.69, 9.17) is 4.74 Å². The number of pyridine rings is 1. The smallest absolute Gasteiger partial charge is 0.411 e. The van der Waals surface area contributed by atoms with Crippen molar-refractivity contribution in [2.24, 2.45) is 0 Å². The van der Waals surface area contributed by atoms with Gasteiger partial charge in [0.15, 0.2) is 0 Å². The van der Waals surface area contributed by atoms with Gasteiger partial charge >= 0.3 is 6.09 Å². The van der Waals surface area contributed by atoms with Crippen molar-refractivity contribution in [1.29, 1.82) is 0 Å². The van der Waals surface area contributed by atoms with Crippen molar-refractivity contribution in [3.63, 3.8) is 0 Å². The van der Waals surface area contributed by atoms with E-state index in [1.807, 2.05) is 6.92 Å². The summed E-state index contributed by atoms with van der Waals surface area (Å²) < 4.78 is 18.1. The average molecular weight is 429 g/mol. The zero-order valence-electron chi connectivity index (χ0n) is 18.3. The summed E-state index contributed by atoms with van der Waals surface area (Å²) in [5, 5.41) is 2.86. The number of aromatic nitrogens is 3. The Bertz CT molecular complexity index is 929. The van der Waals surface area contributed by atoms with E-state index in [9.17, 15) is 14.0 Å². The van der Waals surface area contributed by atoms with Crippen molar-refractivity contribution < 1.29 is 18.7 Å². The number of amides is 2. The molecule has 1 aliphatic heterocycles. The second-order valence-electron chi connectivity index (χ2n) is 8.61. The monoisotopic (exact) mass is 429 g/mol. The predicted molar refractivity (Wildman–Crippen MR) is 112 cm³/mol. The van der Waals surface area contributed by atoms with Crippen molar-refractivity contribution in [3.8, 4) is 11.3 Å². The molecular formula is C22H28FN5O3. The van der Waals surface area contributed by atoms with Crippen LogP contribution in [-0.4, -0.2) is 49.5 Å². The molecule has 0 aliphatic carbocycles. The average Bonchev–Trinajstić information content (AvgIpc) is 3.13. The van der Waals surface area contributed by atoms with Gasteiger partial charge < -0.3 is 10.1 Å². The highest BCUT2D eigenvalue weighted by Crippen LogP contribution is 2.26. The lowest BCUT2D eigenvalue weighted by Gasteiger charge is -2.30. The summed E-state index contributed by atoms with van der Waals surface area (Å²) in [7, 11) is 0. The molecule has 3 heterocycles. The molecule has 1 fully saturated rings. The van der Waals surface area contributed by atoms with Gasteiger partial charge in [0.1, 0.15) is 24.6 Å². The maximum Gasteiger partial charge on any atom is 0.411 e. The first-order valence-electron chi connectivity index (χ1n) is 10.3. The van der Waals surface area contributed by atoms with Gasteiger partial charge in [0.05, 0.1) is 23.6 Å². The van der Waals surface area contributed by atoms with Crippen LogP contribution in [0.4, 0.5) is 9.18 Å². The minimum absolute atomic E-state index is 0.0731. The number of nitrogens with zero attached hydrogens (tertiary/aromatic N) is 4. The summed E-state index contributed by atoms with van der Waals surface area (Å²) in [5.41, 5.74) is 1.69. The number of carbonyl (C=O) groups is 2. The third kappa shape index (κ3) is 5.74. The van der Waals surface area contributed by atoms with E-state index in [1.165, 1.54) is 11.2 Å². The highest BCUT2D eigenvalue weighted by atomic mass is 19.1. The van der Waals surface area contributed by atoms with E-state index in [2.05, 4.69) is 20.3 Å². The molecule has 0 bridgehead atoms. The standard InChI is InChI=1S/C22H28FN5O3/c1-14-5-8-19(28(14)21(30)31-22(2,3)4)20(29)25-12-17-9-18(27-13-26-17)15-6-7-16(10-23)24-11-15/h6-7,9,11,13-14,19H,5,8,10,12H2,1-4H3,(H,25,29)/t14-,19+/m1/s1. The zero-order valence-corrected chi connectivity index (χ0v) is 18.3. The highest BCUT2D eigenvalue weighted by Gasteiger charge is 2.40. The fraction of sp³-hybridized carbons (Fsp3) is 0.500. The lowest BCUT2D eigenvalue weighted by molar-refractivity contribution is -0.126. The minimum atomic E-state index is -0.630. The highest BCUT2D eigenvalue weighted by molar-refractivity contribution is 5.86. The third-order valence-corrected chi connectivity index (χ3v) is 5.00. The first-order chi connectivity index (χ1) is 14.7. The maximum absolute atomic E-state index is 12.8. The Balaban J connectivity index is 1.65. The van der Waals surface area contributed by atoms with Crippen LogP contribution in [0.25, 0.3) is 11.3 Å². The molecule has 0 radical (unpaired) electrons. The van der Waals surface area contributed by atoms with Gasteiger partial charge in [-0.25, -0.2) is 19.2 Å². The van der Waals surface area contributed by atoms with Gasteiger partial charge in [0.25, 0.3) is 0 Å². The number of nitrogens with one attached hydrogen (secondary N) is 1. The summed E-state index contributed by atoms with van der Waals surface area (Å²) in [6, 6.07) is 4.44. The van der Waals surface area contributed by atoms with Gasteiger partial charge in [-0.2, -0.15) is 0 Å². The van der Waals surface area contributed by atoms with E-state index in [0.717, 1.165) is 12.0 Å². The molecule has 0 spiro atoms. The summed E-state index contributed by atoms with van der Waals surface area (Å²) in [4.78, 5) is 39.4. The Morgan fingerprint density at radius 3 is 2.61 bits per heavy atom. The van der Waals surface area contributed by atoms with Crippen LogP contribution < -0.4 is 5.32 Å². The van der Waals surface area contributed by atoms with Crippen LogP contribution in [0, 0.1) is 0 Å². The Morgan fingerprint density at radius 1 is 1.19 bits per heavy atom. The number of hydrogen-bond acceptors (Lipinski definition) is 6. The van der Waals surface area contributed by atoms with Crippen molar-refractivity contribution in [2.45, 2.75) is 71.4 Å². The Hall–Kier alpha value is -3.10. The molecule has 166 valence electrons. The quantitative estimate of drug-likeness (QED) is 0.782. The van der Waals surface area contributed by atoms with Crippen molar-refractivity contribution in [1.82, 2.24) is 25.2 Å². The van der Waals surface area contributed by atoms with Crippen LogP contribution in [0.3, 0.4) is 0 Å². The Morgan fingerprint density at radius 2 is 1.97 bits per heavy atom. The zero-order chi connectivity index (χ0) is 22.6. The maximum atomic E-state index is 12.8. The summed E-state index contributed by atoms with van der Waals surface area (Å²) >= 11 is 0. The molecule has 2 aromatic heterocycles. The second kappa shape index (κ2) is 9.36. The van der Waals surface area contributed by atoms with Gasteiger partial charge in [-0.05, 0) is 58.7 Å². The number of halogens is 1. The van der Waals surface area contributed by atoms with Crippen molar-refractivity contribution in [3.05, 3.63) is 42.1 Å². The summed E-state index contributed by atoms with van der Waals surface area (Å²) in [6.07, 6.45) is 3.79. The lowest BCUT2D eigenvalue weighted by atomic mass is 10.1. The molecule has 2 atom stereocenters. The van der Waals surface area contributed by atoms with Crippen LogP contribution in [0.1, 0.15) is 51.9 Å². The van der Waals surface area contributed by atoms with Gasteiger partial charge in [-0.15, -0.1) is 0 Å². The first kappa shape index (κ1) is 22.6. The van der Waals surface area contributed by atoms with Gasteiger partial charge in [0.2, 0.25) is 5.91 Å². The van der Waals surface area contributed by atoms with Gasteiger partial charge in [-0.1, -0.05) is 0 Å². The Kier molecular flexibility index (Phi) is 6.82. The fourth-order valence-corrected chi connectivity index (χ4v) is 3.47. The van der Waals surface area contributed by atoms with Gasteiger partial charge in [0, 0.05) is 17.8 Å². The van der Waals surface area contributed by atoms with E-state index in [-0.39, 0.29) is 18.5 Å².